The van der Waals surface area contributed by atoms with Crippen LogP contribution in [0.1, 0.15) is 31.7 Å². The first-order chi connectivity index (χ1) is 11.8. The molecular formula is C18H27FN2O3S. The average molecular weight is 370 g/mol. The van der Waals surface area contributed by atoms with Crippen molar-refractivity contribution in [2.75, 3.05) is 32.4 Å². The van der Waals surface area contributed by atoms with E-state index in [9.17, 15) is 17.6 Å². The maximum absolute atomic E-state index is 13.3. The summed E-state index contributed by atoms with van der Waals surface area (Å²) in [6.07, 6.45) is 3.00. The highest BCUT2D eigenvalue weighted by Crippen LogP contribution is 2.30. The third kappa shape index (κ3) is 4.58. The van der Waals surface area contributed by atoms with Crippen LogP contribution in [0.25, 0.3) is 0 Å². The van der Waals surface area contributed by atoms with Crippen LogP contribution in [0.15, 0.2) is 24.3 Å². The molecule has 0 saturated carbocycles. The summed E-state index contributed by atoms with van der Waals surface area (Å²) in [5, 5.41) is 3.12. The molecule has 0 unspecified atom stereocenters. The minimum Gasteiger partial charge on any atom is -0.341 e. The zero-order chi connectivity index (χ0) is 18.5. The summed E-state index contributed by atoms with van der Waals surface area (Å²) in [4.78, 5) is 14.8. The Balaban J connectivity index is 2.20. The highest BCUT2D eigenvalue weighted by molar-refractivity contribution is 7.92. The van der Waals surface area contributed by atoms with E-state index in [1.54, 1.807) is 11.0 Å². The fourth-order valence-electron chi connectivity index (χ4n) is 3.40. The van der Waals surface area contributed by atoms with E-state index in [0.29, 0.717) is 45.4 Å². The summed E-state index contributed by atoms with van der Waals surface area (Å²) in [7, 11) is -3.53. The number of halogens is 1. The van der Waals surface area contributed by atoms with Crippen molar-refractivity contribution in [2.24, 2.45) is 0 Å². The minimum absolute atomic E-state index is 0.296. The molecule has 5 nitrogen and oxygen atoms in total. The van der Waals surface area contributed by atoms with Crippen LogP contribution in [0.2, 0.25) is 0 Å². The molecule has 25 heavy (non-hydrogen) atoms. The van der Waals surface area contributed by atoms with E-state index in [2.05, 4.69) is 5.32 Å². The van der Waals surface area contributed by atoms with Crippen molar-refractivity contribution in [1.29, 1.82) is 0 Å². The van der Waals surface area contributed by atoms with Crippen molar-refractivity contribution in [3.05, 3.63) is 35.6 Å². The third-order valence-electron chi connectivity index (χ3n) is 4.85. The van der Waals surface area contributed by atoms with Gasteiger partial charge in [-0.15, -0.1) is 0 Å². The fraction of sp³-hybridized carbons (Fsp3) is 0.611. The van der Waals surface area contributed by atoms with Gasteiger partial charge in [-0.2, -0.15) is 0 Å². The maximum Gasteiger partial charge on any atom is 0.244 e. The van der Waals surface area contributed by atoms with E-state index in [-0.39, 0.29) is 11.7 Å². The van der Waals surface area contributed by atoms with Crippen molar-refractivity contribution in [1.82, 2.24) is 10.2 Å². The number of hydrogen-bond acceptors (Lipinski definition) is 4. The molecule has 140 valence electrons. The molecule has 1 aliphatic rings. The van der Waals surface area contributed by atoms with Crippen LogP contribution in [-0.2, 0) is 21.1 Å². The summed E-state index contributed by atoms with van der Waals surface area (Å²) in [5.41, 5.74) is 0.799. The number of carbonyl (C=O) groups excluding carboxylic acids is 1. The Bertz CT molecular complexity index is 700. The molecule has 2 rings (SSSR count). The molecule has 0 aromatic heterocycles. The van der Waals surface area contributed by atoms with Gasteiger partial charge in [-0.1, -0.05) is 19.1 Å². The Labute approximate surface area is 149 Å². The molecular weight excluding hydrogens is 343 g/mol. The second-order valence-corrected chi connectivity index (χ2v) is 9.01. The number of benzene rings is 1. The Hall–Kier alpha value is -1.47. The van der Waals surface area contributed by atoms with Crippen molar-refractivity contribution in [3.63, 3.8) is 0 Å². The maximum atomic E-state index is 13.3. The van der Waals surface area contributed by atoms with Crippen molar-refractivity contribution in [2.45, 2.75) is 37.4 Å². The summed E-state index contributed by atoms with van der Waals surface area (Å²) in [6, 6.07) is 6.29. The normalized spacial score (nSPS) is 17.2. The van der Waals surface area contributed by atoms with Gasteiger partial charge >= 0.3 is 0 Å². The van der Waals surface area contributed by atoms with E-state index >= 15 is 0 Å². The molecule has 0 spiro atoms. The molecule has 0 aliphatic carbocycles. The van der Waals surface area contributed by atoms with Crippen LogP contribution >= 0.6 is 0 Å². The number of carbonyl (C=O) groups is 1. The van der Waals surface area contributed by atoms with Crippen LogP contribution in [-0.4, -0.2) is 56.4 Å². The molecule has 1 aromatic carbocycles. The molecule has 1 N–H and O–H groups in total. The second kappa shape index (κ2) is 8.27. The van der Waals surface area contributed by atoms with Gasteiger partial charge in [0.2, 0.25) is 5.91 Å². The number of amides is 1. The number of nitrogens with zero attached hydrogens (tertiary/aromatic N) is 1. The highest BCUT2D eigenvalue weighted by atomic mass is 32.2. The van der Waals surface area contributed by atoms with Gasteiger partial charge in [0.15, 0.2) is 14.6 Å². The Morgan fingerprint density at radius 1 is 1.28 bits per heavy atom. The predicted molar refractivity (Wildman–Crippen MR) is 96.7 cm³/mol. The van der Waals surface area contributed by atoms with Gasteiger partial charge in [0.1, 0.15) is 5.82 Å². The van der Waals surface area contributed by atoms with Gasteiger partial charge < -0.3 is 10.2 Å². The number of piperidine rings is 1. The van der Waals surface area contributed by atoms with Gasteiger partial charge in [-0.25, -0.2) is 12.8 Å². The van der Waals surface area contributed by atoms with Gasteiger partial charge in [0.05, 0.1) is 0 Å². The summed E-state index contributed by atoms with van der Waals surface area (Å²) < 4.78 is 36.9. The first-order valence-electron chi connectivity index (χ1n) is 8.74. The molecule has 0 bridgehead atoms. The van der Waals surface area contributed by atoms with E-state index in [0.717, 1.165) is 18.2 Å². The third-order valence-corrected chi connectivity index (χ3v) is 6.85. The lowest BCUT2D eigenvalue weighted by Crippen LogP contribution is -2.58. The molecule has 1 heterocycles. The first-order valence-corrected chi connectivity index (χ1v) is 10.6. The van der Waals surface area contributed by atoms with Crippen LogP contribution in [0.5, 0.6) is 0 Å². The van der Waals surface area contributed by atoms with Gasteiger partial charge in [0.25, 0.3) is 0 Å². The quantitative estimate of drug-likeness (QED) is 0.794. The zero-order valence-electron chi connectivity index (χ0n) is 14.9. The highest BCUT2D eigenvalue weighted by Gasteiger charge is 2.50. The van der Waals surface area contributed by atoms with Gasteiger partial charge in [0, 0.05) is 19.3 Å². The standard InChI is InChI=1S/C18H27FN2O3S/c1-3-12-21(13-7-15-5-4-6-16(19)14-15)17(22)18(25(2,23)24)8-10-20-11-9-18/h4-6,14,20H,3,7-13H2,1-2H3. The first kappa shape index (κ1) is 19.8. The zero-order valence-corrected chi connectivity index (χ0v) is 15.7. The number of hydrogen-bond donors (Lipinski definition) is 1. The van der Waals surface area contributed by atoms with Crippen LogP contribution in [0.3, 0.4) is 0 Å². The molecule has 0 atom stereocenters. The Kier molecular flexibility index (Phi) is 6.57. The SMILES string of the molecule is CCCN(CCc1cccc(F)c1)C(=O)C1(S(C)(=O)=O)CCNCC1. The van der Waals surface area contributed by atoms with E-state index < -0.39 is 14.6 Å². The second-order valence-electron chi connectivity index (χ2n) is 6.69. The largest absolute Gasteiger partial charge is 0.341 e. The van der Waals surface area contributed by atoms with E-state index in [4.69, 9.17) is 0 Å². The van der Waals surface area contributed by atoms with E-state index in [1.165, 1.54) is 12.1 Å². The van der Waals surface area contributed by atoms with Gasteiger partial charge in [-0.3, -0.25) is 4.79 Å². The monoisotopic (exact) mass is 370 g/mol. The van der Waals surface area contributed by atoms with Gasteiger partial charge in [-0.05, 0) is 56.5 Å². The number of nitrogens with one attached hydrogen (secondary N) is 1. The lowest BCUT2D eigenvalue weighted by Gasteiger charge is -2.38. The molecule has 1 aliphatic heterocycles. The molecule has 1 fully saturated rings. The molecule has 1 aromatic rings. The minimum atomic E-state index is -3.53. The van der Waals surface area contributed by atoms with E-state index in [1.807, 2.05) is 13.0 Å². The fourth-order valence-corrected chi connectivity index (χ4v) is 4.80. The molecule has 7 heteroatoms. The number of rotatable bonds is 7. The Morgan fingerprint density at radius 2 is 1.96 bits per heavy atom. The molecule has 1 saturated heterocycles. The van der Waals surface area contributed by atoms with Crippen molar-refractivity contribution >= 4 is 15.7 Å². The van der Waals surface area contributed by atoms with Crippen LogP contribution in [0.4, 0.5) is 4.39 Å². The summed E-state index contributed by atoms with van der Waals surface area (Å²) in [6.45, 7) is 3.88. The summed E-state index contributed by atoms with van der Waals surface area (Å²) in [5.74, 6) is -0.619. The number of sulfone groups is 1. The topological polar surface area (TPSA) is 66.5 Å². The van der Waals surface area contributed by atoms with Crippen molar-refractivity contribution < 1.29 is 17.6 Å². The van der Waals surface area contributed by atoms with Crippen LogP contribution < -0.4 is 5.32 Å². The smallest absolute Gasteiger partial charge is 0.244 e. The average Bonchev–Trinajstić information content (AvgIpc) is 2.57. The molecule has 1 amide bonds. The predicted octanol–water partition coefficient (Wildman–Crippen LogP) is 1.77. The Morgan fingerprint density at radius 3 is 2.52 bits per heavy atom. The molecule has 0 radical (unpaired) electrons. The summed E-state index contributed by atoms with van der Waals surface area (Å²) >= 11 is 0. The van der Waals surface area contributed by atoms with Crippen LogP contribution in [0, 0.1) is 5.82 Å². The lowest BCUT2D eigenvalue weighted by molar-refractivity contribution is -0.134. The lowest BCUT2D eigenvalue weighted by atomic mass is 9.94. The van der Waals surface area contributed by atoms with Crippen molar-refractivity contribution in [3.8, 4) is 0 Å².